The fraction of sp³-hybridized carbons (Fsp3) is 1.00. The summed E-state index contributed by atoms with van der Waals surface area (Å²) in [6.07, 6.45) is 4.13. The predicted octanol–water partition coefficient (Wildman–Crippen LogP) is 0.104. The fourth-order valence-corrected chi connectivity index (χ4v) is 3.90. The number of likely N-dealkylation sites (N-methyl/N-ethyl adjacent to an activating group) is 1. The largest absolute Gasteiger partial charge is 0.383 e. The van der Waals surface area contributed by atoms with E-state index in [1.807, 2.05) is 0 Å². The van der Waals surface area contributed by atoms with Gasteiger partial charge in [-0.3, -0.25) is 0 Å². The standard InChI is InChI=1S/C11H23N3O3S.ClH/c1-14(5-6-17-2)18(15,16)13-11-7-9-3-4-10(8-11)12-9;/h9-13H,3-8H2,1-2H3;1H. The Labute approximate surface area is 121 Å². The number of nitrogens with zero attached hydrogens (tertiary/aromatic N) is 1. The lowest BCUT2D eigenvalue weighted by molar-refractivity contribution is 0.184. The molecule has 2 N–H and O–H groups in total. The Morgan fingerprint density at radius 1 is 1.32 bits per heavy atom. The van der Waals surface area contributed by atoms with Crippen LogP contribution in [0.5, 0.6) is 0 Å². The Hall–Kier alpha value is 0.0800. The molecule has 19 heavy (non-hydrogen) atoms. The van der Waals surface area contributed by atoms with Gasteiger partial charge in [-0.1, -0.05) is 0 Å². The Morgan fingerprint density at radius 2 is 1.89 bits per heavy atom. The van der Waals surface area contributed by atoms with E-state index in [9.17, 15) is 8.42 Å². The highest BCUT2D eigenvalue weighted by Gasteiger charge is 2.35. The van der Waals surface area contributed by atoms with Crippen molar-refractivity contribution in [3.63, 3.8) is 0 Å². The van der Waals surface area contributed by atoms with Gasteiger partial charge in [0.2, 0.25) is 0 Å². The monoisotopic (exact) mass is 313 g/mol. The maximum atomic E-state index is 12.1. The number of hydrogen-bond donors (Lipinski definition) is 2. The molecule has 2 fully saturated rings. The van der Waals surface area contributed by atoms with Gasteiger partial charge in [-0.15, -0.1) is 12.4 Å². The lowest BCUT2D eigenvalue weighted by atomic mass is 10.0. The molecule has 2 atom stereocenters. The second-order valence-electron chi connectivity index (χ2n) is 5.24. The van der Waals surface area contributed by atoms with Crippen LogP contribution in [0.2, 0.25) is 0 Å². The fourth-order valence-electron chi connectivity index (χ4n) is 2.79. The van der Waals surface area contributed by atoms with Gasteiger partial charge >= 0.3 is 0 Å². The molecule has 6 nitrogen and oxygen atoms in total. The van der Waals surface area contributed by atoms with Gasteiger partial charge in [0.25, 0.3) is 10.2 Å². The average Bonchev–Trinajstić information content (AvgIpc) is 2.65. The predicted molar refractivity (Wildman–Crippen MR) is 76.8 cm³/mol. The lowest BCUT2D eigenvalue weighted by Crippen LogP contribution is -2.51. The number of hydrogen-bond acceptors (Lipinski definition) is 4. The summed E-state index contributed by atoms with van der Waals surface area (Å²) in [6, 6.07) is 1.04. The lowest BCUT2D eigenvalue weighted by Gasteiger charge is -2.30. The first-order chi connectivity index (χ1) is 8.51. The molecule has 0 radical (unpaired) electrons. The van der Waals surface area contributed by atoms with Gasteiger partial charge in [0.05, 0.1) is 6.61 Å². The Morgan fingerprint density at radius 3 is 2.42 bits per heavy atom. The van der Waals surface area contributed by atoms with Gasteiger partial charge in [0.15, 0.2) is 0 Å². The minimum atomic E-state index is -3.38. The van der Waals surface area contributed by atoms with Crippen LogP contribution in [0.3, 0.4) is 0 Å². The average molecular weight is 314 g/mol. The maximum Gasteiger partial charge on any atom is 0.279 e. The molecule has 2 aliphatic rings. The zero-order valence-corrected chi connectivity index (χ0v) is 13.1. The summed E-state index contributed by atoms with van der Waals surface area (Å²) in [6.45, 7) is 0.790. The van der Waals surface area contributed by atoms with Crippen LogP contribution in [0.4, 0.5) is 0 Å². The SMILES string of the molecule is COCCN(C)S(=O)(=O)NC1CC2CCC(C1)N2.Cl. The zero-order valence-electron chi connectivity index (χ0n) is 11.5. The first kappa shape index (κ1) is 17.1. The summed E-state index contributed by atoms with van der Waals surface area (Å²) in [4.78, 5) is 0. The second kappa shape index (κ2) is 7.19. The van der Waals surface area contributed by atoms with Crippen LogP contribution in [0.1, 0.15) is 25.7 Å². The summed E-state index contributed by atoms with van der Waals surface area (Å²) in [5.41, 5.74) is 0. The van der Waals surface area contributed by atoms with E-state index in [1.165, 1.54) is 17.1 Å². The molecule has 0 aromatic heterocycles. The summed E-state index contributed by atoms with van der Waals surface area (Å²) < 4.78 is 33.2. The van der Waals surface area contributed by atoms with E-state index >= 15 is 0 Å². The third-order valence-electron chi connectivity index (χ3n) is 3.81. The zero-order chi connectivity index (χ0) is 13.2. The van der Waals surface area contributed by atoms with Crippen LogP contribution in [-0.4, -0.2) is 58.2 Å². The highest BCUT2D eigenvalue weighted by atomic mass is 35.5. The molecule has 8 heteroatoms. The van der Waals surface area contributed by atoms with Gasteiger partial charge < -0.3 is 10.1 Å². The molecular weight excluding hydrogens is 290 g/mol. The molecule has 2 heterocycles. The molecule has 2 aliphatic heterocycles. The summed E-state index contributed by atoms with van der Waals surface area (Å²) in [5, 5.41) is 3.50. The molecule has 0 saturated carbocycles. The highest BCUT2D eigenvalue weighted by molar-refractivity contribution is 7.87. The molecule has 0 aliphatic carbocycles. The van der Waals surface area contributed by atoms with Crippen LogP contribution in [0, 0.1) is 0 Å². The number of ether oxygens (including phenoxy) is 1. The van der Waals surface area contributed by atoms with Crippen molar-refractivity contribution >= 4 is 22.6 Å². The van der Waals surface area contributed by atoms with Gasteiger partial charge in [-0.05, 0) is 25.7 Å². The van der Waals surface area contributed by atoms with E-state index < -0.39 is 10.2 Å². The van der Waals surface area contributed by atoms with E-state index in [0.717, 1.165) is 12.8 Å². The normalized spacial score (nSPS) is 30.4. The molecule has 0 aromatic rings. The van der Waals surface area contributed by atoms with Crippen molar-refractivity contribution in [3.8, 4) is 0 Å². The summed E-state index contributed by atoms with van der Waals surface area (Å²) in [7, 11) is -0.227. The van der Waals surface area contributed by atoms with Crippen molar-refractivity contribution < 1.29 is 13.2 Å². The van der Waals surface area contributed by atoms with Crippen LogP contribution < -0.4 is 10.0 Å². The maximum absolute atomic E-state index is 12.1. The van der Waals surface area contributed by atoms with Gasteiger partial charge in [-0.2, -0.15) is 17.4 Å². The number of rotatable bonds is 6. The van der Waals surface area contributed by atoms with Crippen LogP contribution in [-0.2, 0) is 14.9 Å². The molecular formula is C11H24ClN3O3S. The minimum absolute atomic E-state index is 0. The molecule has 2 unspecified atom stereocenters. The van der Waals surface area contributed by atoms with Gasteiger partial charge in [0.1, 0.15) is 0 Å². The summed E-state index contributed by atoms with van der Waals surface area (Å²) in [5.74, 6) is 0. The number of halogens is 1. The Balaban J connectivity index is 0.00000180. The van der Waals surface area contributed by atoms with Crippen LogP contribution in [0.25, 0.3) is 0 Å². The number of nitrogens with one attached hydrogen (secondary N) is 2. The third-order valence-corrected chi connectivity index (χ3v) is 5.44. The van der Waals surface area contributed by atoms with E-state index in [4.69, 9.17) is 4.74 Å². The summed E-state index contributed by atoms with van der Waals surface area (Å²) >= 11 is 0. The van der Waals surface area contributed by atoms with Crippen LogP contribution >= 0.6 is 12.4 Å². The molecule has 2 bridgehead atoms. The molecule has 2 saturated heterocycles. The van der Waals surface area contributed by atoms with E-state index in [2.05, 4.69) is 10.0 Å². The van der Waals surface area contributed by atoms with Gasteiger partial charge in [-0.25, -0.2) is 0 Å². The molecule has 0 aromatic carbocycles. The first-order valence-electron chi connectivity index (χ1n) is 6.50. The topological polar surface area (TPSA) is 70.7 Å². The van der Waals surface area contributed by atoms with Gasteiger partial charge in [0, 0.05) is 38.8 Å². The van der Waals surface area contributed by atoms with Crippen molar-refractivity contribution in [2.45, 2.75) is 43.8 Å². The molecule has 0 amide bonds. The number of piperidine rings is 1. The number of fused-ring (bicyclic) bond motifs is 2. The Kier molecular flexibility index (Phi) is 6.49. The first-order valence-corrected chi connectivity index (χ1v) is 7.94. The quantitative estimate of drug-likeness (QED) is 0.730. The third kappa shape index (κ3) is 4.54. The van der Waals surface area contributed by atoms with Crippen molar-refractivity contribution in [2.24, 2.45) is 0 Å². The van der Waals surface area contributed by atoms with Crippen LogP contribution in [0.15, 0.2) is 0 Å². The number of methoxy groups -OCH3 is 1. The molecule has 114 valence electrons. The van der Waals surface area contributed by atoms with Crippen molar-refractivity contribution in [3.05, 3.63) is 0 Å². The molecule has 2 rings (SSSR count). The van der Waals surface area contributed by atoms with Crippen molar-refractivity contribution in [2.75, 3.05) is 27.3 Å². The second-order valence-corrected chi connectivity index (χ2v) is 7.05. The molecule has 0 spiro atoms. The van der Waals surface area contributed by atoms with E-state index in [-0.39, 0.29) is 18.4 Å². The van der Waals surface area contributed by atoms with Crippen molar-refractivity contribution in [1.82, 2.24) is 14.3 Å². The minimum Gasteiger partial charge on any atom is -0.383 e. The van der Waals surface area contributed by atoms with E-state index in [0.29, 0.717) is 25.2 Å². The Bertz CT molecular complexity index is 367. The smallest absolute Gasteiger partial charge is 0.279 e. The highest BCUT2D eigenvalue weighted by Crippen LogP contribution is 2.27. The van der Waals surface area contributed by atoms with Crippen molar-refractivity contribution in [1.29, 1.82) is 0 Å². The van der Waals surface area contributed by atoms with E-state index in [1.54, 1.807) is 14.2 Å².